The van der Waals surface area contributed by atoms with Crippen LogP contribution in [0.4, 0.5) is 5.69 Å². The minimum Gasteiger partial charge on any atom is -0.497 e. The van der Waals surface area contributed by atoms with Crippen molar-refractivity contribution in [1.29, 1.82) is 0 Å². The molecule has 4 rings (SSSR count). The van der Waals surface area contributed by atoms with Gasteiger partial charge in [-0.05, 0) is 48.5 Å². The van der Waals surface area contributed by atoms with Crippen molar-refractivity contribution in [2.75, 3.05) is 12.4 Å². The van der Waals surface area contributed by atoms with Gasteiger partial charge in [0.05, 0.1) is 12.8 Å². The van der Waals surface area contributed by atoms with Crippen LogP contribution in [0.25, 0.3) is 16.9 Å². The Morgan fingerprint density at radius 1 is 1.00 bits per heavy atom. The first-order valence-electron chi connectivity index (χ1n) is 7.96. The number of anilines is 1. The molecule has 0 aliphatic heterocycles. The molecule has 7 nitrogen and oxygen atoms in total. The van der Waals surface area contributed by atoms with Crippen LogP contribution < -0.4 is 10.1 Å². The number of carbonyl (C=O) groups is 1. The first-order chi connectivity index (χ1) is 12.7. The summed E-state index contributed by atoms with van der Waals surface area (Å²) in [5.41, 5.74) is 3.69. The highest BCUT2D eigenvalue weighted by atomic mass is 16.5. The molecule has 0 atom stereocenters. The third-order valence-corrected chi connectivity index (χ3v) is 3.95. The average Bonchev–Trinajstić information content (AvgIpc) is 3.16. The molecule has 2 heterocycles. The van der Waals surface area contributed by atoms with Gasteiger partial charge in [0.2, 0.25) is 0 Å². The third-order valence-electron chi connectivity index (χ3n) is 3.95. The van der Waals surface area contributed by atoms with Gasteiger partial charge in [0.25, 0.3) is 5.91 Å². The van der Waals surface area contributed by atoms with Crippen molar-refractivity contribution in [3.8, 4) is 17.0 Å². The molecule has 1 N–H and O–H groups in total. The summed E-state index contributed by atoms with van der Waals surface area (Å²) in [5, 5.41) is 15.1. The van der Waals surface area contributed by atoms with Crippen molar-refractivity contribution in [2.45, 2.75) is 0 Å². The number of rotatable bonds is 4. The zero-order valence-corrected chi connectivity index (χ0v) is 14.0. The van der Waals surface area contributed by atoms with Gasteiger partial charge in [-0.2, -0.15) is 9.61 Å². The van der Waals surface area contributed by atoms with Crippen LogP contribution in [0.5, 0.6) is 5.75 Å². The van der Waals surface area contributed by atoms with Crippen LogP contribution in [0.15, 0.2) is 67.0 Å². The van der Waals surface area contributed by atoms with Gasteiger partial charge < -0.3 is 10.1 Å². The summed E-state index contributed by atoms with van der Waals surface area (Å²) in [4.78, 5) is 12.3. The van der Waals surface area contributed by atoms with Gasteiger partial charge in [0, 0.05) is 16.8 Å². The molecule has 0 saturated heterocycles. The Morgan fingerprint density at radius 3 is 2.50 bits per heavy atom. The van der Waals surface area contributed by atoms with Crippen LogP contribution in [0.3, 0.4) is 0 Å². The summed E-state index contributed by atoms with van der Waals surface area (Å²) in [6.45, 7) is 0. The third kappa shape index (κ3) is 3.10. The fraction of sp³-hybridized carbons (Fsp3) is 0.0526. The summed E-state index contributed by atoms with van der Waals surface area (Å²) < 4.78 is 6.72. The van der Waals surface area contributed by atoms with Gasteiger partial charge in [-0.25, -0.2) is 0 Å². The molecule has 2 aromatic heterocycles. The second kappa shape index (κ2) is 6.64. The zero-order chi connectivity index (χ0) is 17.9. The van der Waals surface area contributed by atoms with Gasteiger partial charge in [0.1, 0.15) is 12.1 Å². The van der Waals surface area contributed by atoms with Gasteiger partial charge in [-0.1, -0.05) is 12.1 Å². The van der Waals surface area contributed by atoms with Gasteiger partial charge in [-0.3, -0.25) is 4.79 Å². The number of hydrogen-bond acceptors (Lipinski definition) is 5. The van der Waals surface area contributed by atoms with Crippen LogP contribution in [0.1, 0.15) is 10.4 Å². The van der Waals surface area contributed by atoms with Crippen molar-refractivity contribution in [2.24, 2.45) is 0 Å². The van der Waals surface area contributed by atoms with E-state index in [2.05, 4.69) is 20.6 Å². The maximum absolute atomic E-state index is 12.3. The number of hydrogen-bond donors (Lipinski definition) is 1. The molecule has 2 aromatic carbocycles. The standard InChI is InChI=1S/C19H15N5O2/c1-26-16-8-4-14(5-9-16)19(25)21-15-6-2-13(3-7-15)17-10-11-18-22-20-12-24(18)23-17/h2-12H,1H3,(H,21,25). The van der Waals surface area contributed by atoms with Gasteiger partial charge in [-0.15, -0.1) is 10.2 Å². The number of fused-ring (bicyclic) bond motifs is 1. The molecule has 26 heavy (non-hydrogen) atoms. The lowest BCUT2D eigenvalue weighted by Gasteiger charge is -2.07. The highest BCUT2D eigenvalue weighted by Crippen LogP contribution is 2.20. The summed E-state index contributed by atoms with van der Waals surface area (Å²) in [5.74, 6) is 0.535. The number of ether oxygens (including phenoxy) is 1. The maximum atomic E-state index is 12.3. The lowest BCUT2D eigenvalue weighted by molar-refractivity contribution is 0.102. The van der Waals surface area contributed by atoms with Crippen molar-refractivity contribution in [3.63, 3.8) is 0 Å². The second-order valence-electron chi connectivity index (χ2n) is 5.61. The Hall–Kier alpha value is -3.74. The van der Waals surface area contributed by atoms with E-state index in [4.69, 9.17) is 4.74 Å². The average molecular weight is 345 g/mol. The van der Waals surface area contributed by atoms with Crippen molar-refractivity contribution >= 4 is 17.2 Å². The lowest BCUT2D eigenvalue weighted by Crippen LogP contribution is -2.11. The molecule has 0 radical (unpaired) electrons. The van der Waals surface area contributed by atoms with E-state index < -0.39 is 0 Å². The smallest absolute Gasteiger partial charge is 0.255 e. The number of aromatic nitrogens is 4. The second-order valence-corrected chi connectivity index (χ2v) is 5.61. The van der Waals surface area contributed by atoms with Gasteiger partial charge in [0.15, 0.2) is 5.65 Å². The largest absolute Gasteiger partial charge is 0.497 e. The predicted octanol–water partition coefficient (Wildman–Crippen LogP) is 3.05. The molecule has 0 saturated carbocycles. The Morgan fingerprint density at radius 2 is 1.77 bits per heavy atom. The minimum atomic E-state index is -0.176. The molecule has 0 fully saturated rings. The number of benzene rings is 2. The first kappa shape index (κ1) is 15.8. The molecule has 7 heteroatoms. The van der Waals surface area contributed by atoms with Crippen LogP contribution in [-0.4, -0.2) is 32.8 Å². The van der Waals surface area contributed by atoms with E-state index in [-0.39, 0.29) is 5.91 Å². The van der Waals surface area contributed by atoms with Crippen LogP contribution >= 0.6 is 0 Å². The van der Waals surface area contributed by atoms with E-state index in [1.54, 1.807) is 42.2 Å². The lowest BCUT2D eigenvalue weighted by atomic mass is 10.1. The topological polar surface area (TPSA) is 81.4 Å². The number of amides is 1. The maximum Gasteiger partial charge on any atom is 0.255 e. The molecule has 0 spiro atoms. The molecule has 0 aliphatic carbocycles. The molecule has 4 aromatic rings. The summed E-state index contributed by atoms with van der Waals surface area (Å²) in [6, 6.07) is 18.2. The normalized spacial score (nSPS) is 10.7. The Bertz CT molecular complexity index is 1060. The molecule has 0 unspecified atom stereocenters. The quantitative estimate of drug-likeness (QED) is 0.615. The van der Waals surface area contributed by atoms with Crippen molar-refractivity contribution in [1.82, 2.24) is 19.8 Å². The molecular weight excluding hydrogens is 330 g/mol. The Balaban J connectivity index is 1.50. The van der Waals surface area contributed by atoms with Crippen molar-refractivity contribution in [3.05, 3.63) is 72.6 Å². The Kier molecular flexibility index (Phi) is 4.03. The highest BCUT2D eigenvalue weighted by molar-refractivity contribution is 6.04. The van der Waals surface area contributed by atoms with Crippen LogP contribution in [-0.2, 0) is 0 Å². The van der Waals surface area contributed by atoms with E-state index in [1.807, 2.05) is 36.4 Å². The van der Waals surface area contributed by atoms with Crippen molar-refractivity contribution < 1.29 is 9.53 Å². The van der Waals surface area contributed by atoms with E-state index in [9.17, 15) is 4.79 Å². The van der Waals surface area contributed by atoms with E-state index in [1.165, 1.54) is 0 Å². The molecule has 128 valence electrons. The highest BCUT2D eigenvalue weighted by Gasteiger charge is 2.07. The number of nitrogens with zero attached hydrogens (tertiary/aromatic N) is 4. The zero-order valence-electron chi connectivity index (χ0n) is 14.0. The van der Waals surface area contributed by atoms with Crippen LogP contribution in [0.2, 0.25) is 0 Å². The fourth-order valence-electron chi connectivity index (χ4n) is 2.55. The number of nitrogens with one attached hydrogen (secondary N) is 1. The summed E-state index contributed by atoms with van der Waals surface area (Å²) in [6.07, 6.45) is 1.56. The fourth-order valence-corrected chi connectivity index (χ4v) is 2.55. The number of methoxy groups -OCH3 is 1. The van der Waals surface area contributed by atoms with Gasteiger partial charge >= 0.3 is 0 Å². The number of carbonyl (C=O) groups excluding carboxylic acids is 1. The monoisotopic (exact) mass is 345 g/mol. The van der Waals surface area contributed by atoms with E-state index in [0.717, 1.165) is 11.3 Å². The predicted molar refractivity (Wildman–Crippen MR) is 97.2 cm³/mol. The SMILES string of the molecule is COc1ccc(C(=O)Nc2ccc(-c3ccc4nncn4n3)cc2)cc1. The van der Waals surface area contributed by atoms with E-state index in [0.29, 0.717) is 22.6 Å². The first-order valence-corrected chi connectivity index (χ1v) is 7.96. The minimum absolute atomic E-state index is 0.176. The van der Waals surface area contributed by atoms with Crippen LogP contribution in [0, 0.1) is 0 Å². The van der Waals surface area contributed by atoms with E-state index >= 15 is 0 Å². The molecule has 0 bridgehead atoms. The molecular formula is C19H15N5O2. The summed E-state index contributed by atoms with van der Waals surface area (Å²) in [7, 11) is 1.59. The molecule has 0 aliphatic rings. The molecule has 1 amide bonds. The Labute approximate surface area is 149 Å². The summed E-state index contributed by atoms with van der Waals surface area (Å²) >= 11 is 0.